The van der Waals surface area contributed by atoms with E-state index in [4.69, 9.17) is 7.98 Å². The molecule has 3 heteroatoms. The molecular formula is C10H21BN2. The molecule has 3 atom stereocenters. The van der Waals surface area contributed by atoms with Gasteiger partial charge >= 0.3 is 0 Å². The van der Waals surface area contributed by atoms with E-state index >= 15 is 0 Å². The summed E-state index contributed by atoms with van der Waals surface area (Å²) in [5, 5.41) is 0. The molecule has 0 amide bonds. The highest BCUT2D eigenvalue weighted by molar-refractivity contribution is 6.04. The van der Waals surface area contributed by atoms with E-state index in [0.717, 1.165) is 6.54 Å². The minimum atomic E-state index is 0.457. The fraction of sp³-hybridized carbons (Fsp3) is 1.00. The van der Waals surface area contributed by atoms with E-state index in [-0.39, 0.29) is 0 Å². The molecule has 0 aromatic heterocycles. The Morgan fingerprint density at radius 1 is 1.15 bits per heavy atom. The first-order valence-corrected chi connectivity index (χ1v) is 5.24. The minimum absolute atomic E-state index is 0.457. The maximum absolute atomic E-state index is 5.93. The summed E-state index contributed by atoms with van der Waals surface area (Å²) in [6.07, 6.45) is 0. The summed E-state index contributed by atoms with van der Waals surface area (Å²) < 4.78 is 0. The topological polar surface area (TPSA) is 6.48 Å². The van der Waals surface area contributed by atoms with Crippen LogP contribution < -0.4 is 0 Å². The SMILES string of the molecule is [B]N1CC(C)N(C(C)C)C(C)C1C. The summed E-state index contributed by atoms with van der Waals surface area (Å²) in [5.41, 5.74) is 0. The molecule has 74 valence electrons. The van der Waals surface area contributed by atoms with Gasteiger partial charge < -0.3 is 4.81 Å². The highest BCUT2D eigenvalue weighted by Gasteiger charge is 2.33. The van der Waals surface area contributed by atoms with Gasteiger partial charge in [0, 0.05) is 30.7 Å². The van der Waals surface area contributed by atoms with Gasteiger partial charge in [0.05, 0.1) is 0 Å². The zero-order valence-electron chi connectivity index (χ0n) is 9.49. The van der Waals surface area contributed by atoms with E-state index in [1.54, 1.807) is 0 Å². The zero-order chi connectivity index (χ0) is 10.2. The normalized spacial score (nSPS) is 38.5. The van der Waals surface area contributed by atoms with Crippen molar-refractivity contribution in [3.8, 4) is 0 Å². The van der Waals surface area contributed by atoms with Crippen LogP contribution in [0, 0.1) is 0 Å². The molecule has 1 saturated heterocycles. The predicted molar refractivity (Wildman–Crippen MR) is 57.8 cm³/mol. The van der Waals surface area contributed by atoms with Crippen LogP contribution >= 0.6 is 0 Å². The Kier molecular flexibility index (Phi) is 3.41. The smallest absolute Gasteiger partial charge is 0.183 e. The molecule has 1 aliphatic heterocycles. The van der Waals surface area contributed by atoms with Crippen LogP contribution in [-0.2, 0) is 0 Å². The molecule has 0 aliphatic carbocycles. The maximum atomic E-state index is 5.93. The van der Waals surface area contributed by atoms with Gasteiger partial charge in [-0.3, -0.25) is 4.90 Å². The van der Waals surface area contributed by atoms with Crippen molar-refractivity contribution in [1.29, 1.82) is 0 Å². The molecule has 0 bridgehead atoms. The van der Waals surface area contributed by atoms with Crippen molar-refractivity contribution >= 4 is 7.98 Å². The highest BCUT2D eigenvalue weighted by atomic mass is 15.3. The van der Waals surface area contributed by atoms with E-state index in [9.17, 15) is 0 Å². The largest absolute Gasteiger partial charge is 0.349 e. The Morgan fingerprint density at radius 3 is 2.15 bits per heavy atom. The molecule has 3 unspecified atom stereocenters. The van der Waals surface area contributed by atoms with Crippen molar-refractivity contribution in [1.82, 2.24) is 9.71 Å². The van der Waals surface area contributed by atoms with Crippen molar-refractivity contribution < 1.29 is 0 Å². The molecule has 13 heavy (non-hydrogen) atoms. The van der Waals surface area contributed by atoms with Crippen molar-refractivity contribution in [3.05, 3.63) is 0 Å². The fourth-order valence-electron chi connectivity index (χ4n) is 2.47. The first-order valence-electron chi connectivity index (χ1n) is 5.24. The average Bonchev–Trinajstić information content (AvgIpc) is 1.99. The summed E-state index contributed by atoms with van der Waals surface area (Å²) >= 11 is 0. The van der Waals surface area contributed by atoms with Crippen LogP contribution in [0.25, 0.3) is 0 Å². The van der Waals surface area contributed by atoms with Gasteiger partial charge in [0.2, 0.25) is 0 Å². The first kappa shape index (κ1) is 11.1. The van der Waals surface area contributed by atoms with Crippen molar-refractivity contribution in [2.24, 2.45) is 0 Å². The summed E-state index contributed by atoms with van der Waals surface area (Å²) in [5.74, 6) is 0. The molecule has 2 nitrogen and oxygen atoms in total. The lowest BCUT2D eigenvalue weighted by Crippen LogP contribution is -2.62. The number of piperazine rings is 1. The van der Waals surface area contributed by atoms with Crippen LogP contribution in [-0.4, -0.2) is 48.4 Å². The van der Waals surface area contributed by atoms with Gasteiger partial charge in [-0.2, -0.15) is 0 Å². The Labute approximate surface area is 83.7 Å². The second kappa shape index (κ2) is 4.01. The molecule has 1 heterocycles. The highest BCUT2D eigenvalue weighted by Crippen LogP contribution is 2.21. The Morgan fingerprint density at radius 2 is 1.69 bits per heavy atom. The predicted octanol–water partition coefficient (Wildman–Crippen LogP) is 1.26. The van der Waals surface area contributed by atoms with Gasteiger partial charge in [0.15, 0.2) is 7.98 Å². The molecule has 1 fully saturated rings. The number of rotatable bonds is 1. The molecule has 0 spiro atoms. The van der Waals surface area contributed by atoms with E-state index in [2.05, 4.69) is 39.5 Å². The van der Waals surface area contributed by atoms with Gasteiger partial charge in [-0.05, 0) is 34.6 Å². The minimum Gasteiger partial charge on any atom is -0.349 e. The molecule has 0 aromatic rings. The number of hydrogen-bond donors (Lipinski definition) is 0. The van der Waals surface area contributed by atoms with Gasteiger partial charge in [0.1, 0.15) is 0 Å². The quantitative estimate of drug-likeness (QED) is 0.560. The lowest BCUT2D eigenvalue weighted by molar-refractivity contribution is 0.0172. The van der Waals surface area contributed by atoms with Crippen LogP contribution in [0.1, 0.15) is 34.6 Å². The molecule has 0 saturated carbocycles. The van der Waals surface area contributed by atoms with E-state index in [1.165, 1.54) is 0 Å². The van der Waals surface area contributed by atoms with E-state index in [1.807, 2.05) is 4.81 Å². The second-order valence-electron chi connectivity index (χ2n) is 4.57. The van der Waals surface area contributed by atoms with Crippen molar-refractivity contribution in [3.63, 3.8) is 0 Å². The van der Waals surface area contributed by atoms with Gasteiger partial charge in [-0.15, -0.1) is 0 Å². The first-order chi connectivity index (χ1) is 5.95. The lowest BCUT2D eigenvalue weighted by atomic mass is 9.95. The van der Waals surface area contributed by atoms with Gasteiger partial charge in [0.25, 0.3) is 0 Å². The van der Waals surface area contributed by atoms with Crippen molar-refractivity contribution in [2.75, 3.05) is 6.54 Å². The monoisotopic (exact) mass is 180 g/mol. The Hall–Kier alpha value is -0.0151. The molecule has 0 N–H and O–H groups in total. The molecule has 1 aliphatic rings. The zero-order valence-corrected chi connectivity index (χ0v) is 9.49. The maximum Gasteiger partial charge on any atom is 0.183 e. The third-order valence-electron chi connectivity index (χ3n) is 3.27. The van der Waals surface area contributed by atoms with Crippen LogP contribution in [0.3, 0.4) is 0 Å². The summed E-state index contributed by atoms with van der Waals surface area (Å²) in [7, 11) is 5.93. The van der Waals surface area contributed by atoms with Crippen LogP contribution in [0.4, 0.5) is 0 Å². The van der Waals surface area contributed by atoms with Crippen molar-refractivity contribution in [2.45, 2.75) is 58.8 Å². The number of hydrogen-bond acceptors (Lipinski definition) is 2. The van der Waals surface area contributed by atoms with E-state index in [0.29, 0.717) is 24.2 Å². The third-order valence-corrected chi connectivity index (χ3v) is 3.27. The third kappa shape index (κ3) is 2.08. The second-order valence-corrected chi connectivity index (χ2v) is 4.57. The van der Waals surface area contributed by atoms with E-state index < -0.39 is 0 Å². The Balaban J connectivity index is 2.73. The summed E-state index contributed by atoms with van der Waals surface area (Å²) in [4.78, 5) is 4.52. The van der Waals surface area contributed by atoms with Gasteiger partial charge in [-0.25, -0.2) is 0 Å². The summed E-state index contributed by atoms with van der Waals surface area (Å²) in [6.45, 7) is 12.2. The van der Waals surface area contributed by atoms with Crippen LogP contribution in [0.15, 0.2) is 0 Å². The van der Waals surface area contributed by atoms with Crippen LogP contribution in [0.2, 0.25) is 0 Å². The fourth-order valence-corrected chi connectivity index (χ4v) is 2.47. The summed E-state index contributed by atoms with van der Waals surface area (Å²) in [6, 6.07) is 2.18. The lowest BCUT2D eigenvalue weighted by Gasteiger charge is -2.50. The molecule has 0 aromatic carbocycles. The molecule has 2 radical (unpaired) electrons. The van der Waals surface area contributed by atoms with Gasteiger partial charge in [-0.1, -0.05) is 0 Å². The standard InChI is InChI=1S/C10H21BN2/c1-7(2)13-8(3)6-12(11)9(4)10(13)5/h7-10H,6H2,1-5H3. The Bertz CT molecular complexity index is 172. The molecule has 1 rings (SSSR count). The number of nitrogens with zero attached hydrogens (tertiary/aromatic N) is 2. The van der Waals surface area contributed by atoms with Crippen LogP contribution in [0.5, 0.6) is 0 Å². The average molecular weight is 180 g/mol. The molecular weight excluding hydrogens is 159 g/mol.